The van der Waals surface area contributed by atoms with E-state index in [4.69, 9.17) is 4.52 Å². The van der Waals surface area contributed by atoms with Crippen LogP contribution in [0.1, 0.15) is 25.3 Å². The van der Waals surface area contributed by atoms with Crippen molar-refractivity contribution in [2.45, 2.75) is 25.8 Å². The van der Waals surface area contributed by atoms with Gasteiger partial charge < -0.3 is 14.5 Å². The Morgan fingerprint density at radius 2 is 1.57 bits per heavy atom. The van der Waals surface area contributed by atoms with Crippen LogP contribution in [0.4, 0.5) is 5.69 Å². The van der Waals surface area contributed by atoms with E-state index < -0.39 is 13.2 Å². The summed E-state index contributed by atoms with van der Waals surface area (Å²) in [7, 11) is 0.431. The highest BCUT2D eigenvalue weighted by molar-refractivity contribution is 7.67. The second kappa shape index (κ2) is 7.31. The molecule has 0 aliphatic heterocycles. The lowest BCUT2D eigenvalue weighted by Crippen LogP contribution is -2.18. The minimum Gasteiger partial charge on any atom is -0.378 e. The van der Waals surface area contributed by atoms with Crippen LogP contribution >= 0.6 is 7.37 Å². The van der Waals surface area contributed by atoms with Gasteiger partial charge in [0.15, 0.2) is 5.85 Å². The molecule has 0 bridgehead atoms. The lowest BCUT2D eigenvalue weighted by Gasteiger charge is -2.26. The van der Waals surface area contributed by atoms with Crippen molar-refractivity contribution in [2.75, 3.05) is 19.0 Å². The predicted molar refractivity (Wildman–Crippen MR) is 95.6 cm³/mol. The monoisotopic (exact) mass is 333 g/mol. The van der Waals surface area contributed by atoms with E-state index in [9.17, 15) is 9.67 Å². The summed E-state index contributed by atoms with van der Waals surface area (Å²) in [6.45, 7) is 3.64. The molecular weight excluding hydrogens is 309 g/mol. The molecule has 5 heteroatoms. The fourth-order valence-electron chi connectivity index (χ4n) is 2.35. The zero-order valence-electron chi connectivity index (χ0n) is 14.0. The van der Waals surface area contributed by atoms with Crippen molar-refractivity contribution in [3.63, 3.8) is 0 Å². The number of aliphatic hydroxyl groups excluding tert-OH is 1. The second-order valence-electron chi connectivity index (χ2n) is 5.95. The summed E-state index contributed by atoms with van der Waals surface area (Å²) in [6, 6.07) is 16.3. The quantitative estimate of drug-likeness (QED) is 0.818. The van der Waals surface area contributed by atoms with E-state index in [1.807, 2.05) is 63.2 Å². The molecule has 23 heavy (non-hydrogen) atoms. The Hall–Kier alpha value is -1.61. The first-order valence-corrected chi connectivity index (χ1v) is 9.33. The highest BCUT2D eigenvalue weighted by Gasteiger charge is 2.37. The normalized spacial score (nSPS) is 15.2. The Labute approximate surface area is 138 Å². The summed E-state index contributed by atoms with van der Waals surface area (Å²) in [4.78, 5) is 1.96. The average molecular weight is 333 g/mol. The highest BCUT2D eigenvalue weighted by atomic mass is 31.2. The van der Waals surface area contributed by atoms with E-state index in [-0.39, 0.29) is 6.10 Å². The first-order valence-electron chi connectivity index (χ1n) is 7.63. The van der Waals surface area contributed by atoms with Crippen molar-refractivity contribution in [2.24, 2.45) is 0 Å². The van der Waals surface area contributed by atoms with Gasteiger partial charge in [0.05, 0.1) is 6.10 Å². The van der Waals surface area contributed by atoms with Crippen molar-refractivity contribution in [3.05, 3.63) is 60.2 Å². The molecular formula is C18H24NO3P. The molecule has 2 aromatic carbocycles. The number of hydrogen-bond donors (Lipinski definition) is 1. The van der Waals surface area contributed by atoms with Crippen LogP contribution in [0.25, 0.3) is 0 Å². The maximum Gasteiger partial charge on any atom is 0.264 e. The summed E-state index contributed by atoms with van der Waals surface area (Å²) in [6.07, 6.45) is -0.257. The molecule has 2 rings (SSSR count). The lowest BCUT2D eigenvalue weighted by atomic mass is 10.2. The lowest BCUT2D eigenvalue weighted by molar-refractivity contribution is 0.189. The zero-order valence-corrected chi connectivity index (χ0v) is 14.9. The summed E-state index contributed by atoms with van der Waals surface area (Å²) >= 11 is 0. The third-order valence-corrected chi connectivity index (χ3v) is 6.21. The van der Waals surface area contributed by atoms with E-state index in [1.165, 1.54) is 0 Å². The van der Waals surface area contributed by atoms with E-state index in [0.29, 0.717) is 10.9 Å². The van der Waals surface area contributed by atoms with Gasteiger partial charge in [-0.2, -0.15) is 0 Å². The molecule has 0 aliphatic carbocycles. The fraction of sp³-hybridized carbons (Fsp3) is 0.333. The average Bonchev–Trinajstić information content (AvgIpc) is 2.54. The number of hydrogen-bond acceptors (Lipinski definition) is 4. The van der Waals surface area contributed by atoms with Crippen LogP contribution in [0.3, 0.4) is 0 Å². The van der Waals surface area contributed by atoms with Gasteiger partial charge in [-0.05, 0) is 43.7 Å². The van der Waals surface area contributed by atoms with Gasteiger partial charge in [-0.15, -0.1) is 0 Å². The molecule has 0 aliphatic rings. The Balaban J connectivity index is 2.44. The first-order chi connectivity index (χ1) is 10.8. The minimum atomic E-state index is -3.45. The SMILES string of the molecule is CC(C)O[P@@](=O)(c1ccc(N(C)C)cc1)[C@H](O)c1ccccc1. The number of anilines is 1. The van der Waals surface area contributed by atoms with Crippen LogP contribution in [0, 0.1) is 0 Å². The van der Waals surface area contributed by atoms with Crippen LogP contribution in [0.5, 0.6) is 0 Å². The van der Waals surface area contributed by atoms with Gasteiger partial charge in [0.1, 0.15) is 0 Å². The molecule has 0 amide bonds. The molecule has 0 saturated carbocycles. The number of aliphatic hydroxyl groups is 1. The molecule has 0 saturated heterocycles. The second-order valence-corrected chi connectivity index (χ2v) is 8.36. The summed E-state index contributed by atoms with van der Waals surface area (Å²) < 4.78 is 19.3. The third-order valence-electron chi connectivity index (χ3n) is 3.51. The van der Waals surface area contributed by atoms with Gasteiger partial charge in [-0.25, -0.2) is 0 Å². The van der Waals surface area contributed by atoms with Gasteiger partial charge in [0.25, 0.3) is 7.37 Å². The van der Waals surface area contributed by atoms with Crippen LogP contribution in [0.15, 0.2) is 54.6 Å². The van der Waals surface area contributed by atoms with Gasteiger partial charge in [0.2, 0.25) is 0 Å². The van der Waals surface area contributed by atoms with Crippen LogP contribution in [-0.4, -0.2) is 25.3 Å². The molecule has 0 aromatic heterocycles. The van der Waals surface area contributed by atoms with Crippen LogP contribution < -0.4 is 10.2 Å². The van der Waals surface area contributed by atoms with Crippen LogP contribution in [0.2, 0.25) is 0 Å². The van der Waals surface area contributed by atoms with Crippen molar-refractivity contribution in [1.82, 2.24) is 0 Å². The molecule has 0 radical (unpaired) electrons. The van der Waals surface area contributed by atoms with Crippen molar-refractivity contribution in [3.8, 4) is 0 Å². The summed E-state index contributed by atoms with van der Waals surface area (Å²) in [5.74, 6) is -1.18. The van der Waals surface area contributed by atoms with E-state index >= 15 is 0 Å². The molecule has 4 nitrogen and oxygen atoms in total. The molecule has 124 valence electrons. The number of nitrogens with zero attached hydrogens (tertiary/aromatic N) is 1. The zero-order chi connectivity index (χ0) is 17.0. The summed E-state index contributed by atoms with van der Waals surface area (Å²) in [5, 5.41) is 11.2. The van der Waals surface area contributed by atoms with Gasteiger partial charge >= 0.3 is 0 Å². The van der Waals surface area contributed by atoms with Gasteiger partial charge in [-0.3, -0.25) is 4.57 Å². The predicted octanol–water partition coefficient (Wildman–Crippen LogP) is 3.77. The molecule has 2 aromatic rings. The third kappa shape index (κ3) is 4.03. The molecule has 0 spiro atoms. The molecule has 0 fully saturated rings. The molecule has 1 N–H and O–H groups in total. The van der Waals surface area contributed by atoms with Crippen molar-refractivity contribution >= 4 is 18.4 Å². The number of benzene rings is 2. The van der Waals surface area contributed by atoms with E-state index in [2.05, 4.69) is 0 Å². The molecule has 0 heterocycles. The van der Waals surface area contributed by atoms with Gasteiger partial charge in [0, 0.05) is 25.1 Å². The molecule has 0 unspecified atom stereocenters. The highest BCUT2D eigenvalue weighted by Crippen LogP contribution is 2.58. The molecule has 2 atom stereocenters. The van der Waals surface area contributed by atoms with Crippen LogP contribution in [-0.2, 0) is 9.09 Å². The number of rotatable bonds is 6. The van der Waals surface area contributed by atoms with E-state index in [0.717, 1.165) is 5.69 Å². The standard InChI is InChI=1S/C18H24NO3P/c1-14(2)22-23(21,18(20)15-8-6-5-7-9-15)17-12-10-16(11-13-17)19(3)4/h5-14,18,20H,1-4H3/t18-,23-/m0/s1. The Bertz CT molecular complexity index is 668. The minimum absolute atomic E-state index is 0.257. The first kappa shape index (κ1) is 17.7. The van der Waals surface area contributed by atoms with Gasteiger partial charge in [-0.1, -0.05) is 30.3 Å². The smallest absolute Gasteiger partial charge is 0.264 e. The maximum atomic E-state index is 13.5. The topological polar surface area (TPSA) is 49.8 Å². The van der Waals surface area contributed by atoms with Crippen molar-refractivity contribution in [1.29, 1.82) is 0 Å². The maximum absolute atomic E-state index is 13.5. The largest absolute Gasteiger partial charge is 0.378 e. The Morgan fingerprint density at radius 1 is 1.00 bits per heavy atom. The summed E-state index contributed by atoms with van der Waals surface area (Å²) in [5.41, 5.74) is 1.59. The fourth-order valence-corrected chi connectivity index (χ4v) is 4.63. The van der Waals surface area contributed by atoms with E-state index in [1.54, 1.807) is 24.3 Å². The Morgan fingerprint density at radius 3 is 2.04 bits per heavy atom. The van der Waals surface area contributed by atoms with Crippen molar-refractivity contribution < 1.29 is 14.2 Å². The Kier molecular flexibility index (Phi) is 5.64.